The van der Waals surface area contributed by atoms with E-state index >= 15 is 0 Å². The van der Waals surface area contributed by atoms with E-state index in [1.165, 1.54) is 7.11 Å². The van der Waals surface area contributed by atoms with Crippen LogP contribution in [-0.2, 0) is 4.79 Å². The Morgan fingerprint density at radius 1 is 0.742 bits per heavy atom. The van der Waals surface area contributed by atoms with Crippen molar-refractivity contribution < 1.29 is 14.3 Å². The summed E-state index contributed by atoms with van der Waals surface area (Å²) < 4.78 is 5.29. The highest BCUT2D eigenvalue weighted by Crippen LogP contribution is 2.23. The summed E-state index contributed by atoms with van der Waals surface area (Å²) in [6, 6.07) is 25.5. The van der Waals surface area contributed by atoms with E-state index in [9.17, 15) is 9.59 Å². The van der Waals surface area contributed by atoms with Crippen LogP contribution >= 0.6 is 0 Å². The maximum absolute atomic E-state index is 13.3. The van der Waals surface area contributed by atoms with Crippen LogP contribution in [0.25, 0.3) is 0 Å². The SMILES string of the molecule is COc1ccccc1C(=O)N[C@@H](C(=O)NC(c1ccccc1)c1ccccc1)C(C)C. The third kappa shape index (κ3) is 5.51. The second-order valence-electron chi connectivity index (χ2n) is 7.66. The van der Waals surface area contributed by atoms with Gasteiger partial charge in [-0.1, -0.05) is 86.6 Å². The Labute approximate surface area is 183 Å². The van der Waals surface area contributed by atoms with Crippen LogP contribution < -0.4 is 15.4 Å². The molecule has 0 radical (unpaired) electrons. The smallest absolute Gasteiger partial charge is 0.255 e. The van der Waals surface area contributed by atoms with Gasteiger partial charge in [-0.25, -0.2) is 0 Å². The predicted octanol–water partition coefficient (Wildman–Crippen LogP) is 4.36. The molecule has 3 aromatic carbocycles. The molecule has 0 heterocycles. The minimum Gasteiger partial charge on any atom is -0.496 e. The summed E-state index contributed by atoms with van der Waals surface area (Å²) in [6.07, 6.45) is 0. The molecule has 0 saturated heterocycles. The molecule has 31 heavy (non-hydrogen) atoms. The number of para-hydroxylation sites is 1. The Morgan fingerprint density at radius 3 is 1.77 bits per heavy atom. The molecule has 160 valence electrons. The summed E-state index contributed by atoms with van der Waals surface area (Å²) in [5, 5.41) is 6.02. The van der Waals surface area contributed by atoms with E-state index < -0.39 is 6.04 Å². The number of ether oxygens (including phenoxy) is 1. The molecule has 0 saturated carbocycles. The Morgan fingerprint density at radius 2 is 1.26 bits per heavy atom. The van der Waals surface area contributed by atoms with E-state index in [2.05, 4.69) is 10.6 Å². The molecule has 0 aromatic heterocycles. The first-order valence-corrected chi connectivity index (χ1v) is 10.4. The van der Waals surface area contributed by atoms with Gasteiger partial charge >= 0.3 is 0 Å². The summed E-state index contributed by atoms with van der Waals surface area (Å²) in [5.74, 6) is -0.224. The molecule has 2 amide bonds. The van der Waals surface area contributed by atoms with Crippen molar-refractivity contribution in [3.8, 4) is 5.75 Å². The van der Waals surface area contributed by atoms with Crippen molar-refractivity contribution in [2.24, 2.45) is 5.92 Å². The van der Waals surface area contributed by atoms with Crippen LogP contribution in [0.5, 0.6) is 5.75 Å². The third-order valence-corrected chi connectivity index (χ3v) is 5.14. The lowest BCUT2D eigenvalue weighted by Crippen LogP contribution is -2.50. The molecule has 2 N–H and O–H groups in total. The number of hydrogen-bond acceptors (Lipinski definition) is 3. The highest BCUT2D eigenvalue weighted by atomic mass is 16.5. The molecular formula is C26H28N2O3. The minimum absolute atomic E-state index is 0.106. The fraction of sp³-hybridized carbons (Fsp3) is 0.231. The van der Waals surface area contributed by atoms with Crippen molar-refractivity contribution in [2.45, 2.75) is 25.9 Å². The maximum Gasteiger partial charge on any atom is 0.255 e. The largest absolute Gasteiger partial charge is 0.496 e. The van der Waals surface area contributed by atoms with Crippen molar-refractivity contribution >= 4 is 11.8 Å². The van der Waals surface area contributed by atoms with E-state index in [0.717, 1.165) is 11.1 Å². The molecule has 0 bridgehead atoms. The van der Waals surface area contributed by atoms with Crippen LogP contribution in [0, 0.1) is 5.92 Å². The number of carbonyl (C=O) groups excluding carboxylic acids is 2. The number of carbonyl (C=O) groups is 2. The van der Waals surface area contributed by atoms with Gasteiger partial charge in [-0.15, -0.1) is 0 Å². The van der Waals surface area contributed by atoms with E-state index in [1.54, 1.807) is 24.3 Å². The standard InChI is InChI=1S/C26H28N2O3/c1-18(2)23(27-25(29)21-16-10-11-17-22(21)31-3)26(30)28-24(19-12-6-4-7-13-19)20-14-8-5-9-15-20/h4-18,23-24H,1-3H3,(H,27,29)(H,28,30)/t23-/m1/s1. The average molecular weight is 417 g/mol. The summed E-state index contributed by atoms with van der Waals surface area (Å²) in [4.78, 5) is 26.2. The highest BCUT2D eigenvalue weighted by Gasteiger charge is 2.28. The topological polar surface area (TPSA) is 67.4 Å². The molecule has 0 spiro atoms. The molecule has 1 atom stereocenters. The zero-order valence-electron chi connectivity index (χ0n) is 18.0. The molecule has 0 fully saturated rings. The van der Waals surface area contributed by atoms with Gasteiger partial charge in [0.1, 0.15) is 11.8 Å². The normalized spacial score (nSPS) is 11.8. The van der Waals surface area contributed by atoms with Gasteiger partial charge in [0.05, 0.1) is 18.7 Å². The molecular weight excluding hydrogens is 388 g/mol. The minimum atomic E-state index is -0.702. The first-order valence-electron chi connectivity index (χ1n) is 10.4. The van der Waals surface area contributed by atoms with Crippen LogP contribution in [0.15, 0.2) is 84.9 Å². The van der Waals surface area contributed by atoms with Gasteiger partial charge in [0.2, 0.25) is 5.91 Å². The molecule has 0 aliphatic rings. The molecule has 0 aliphatic heterocycles. The van der Waals surface area contributed by atoms with Crippen LogP contribution in [0.3, 0.4) is 0 Å². The monoisotopic (exact) mass is 416 g/mol. The summed E-state index contributed by atoms with van der Waals surface area (Å²) in [5.41, 5.74) is 2.34. The van der Waals surface area contributed by atoms with Gasteiger partial charge in [0.25, 0.3) is 5.91 Å². The number of benzene rings is 3. The third-order valence-electron chi connectivity index (χ3n) is 5.14. The van der Waals surface area contributed by atoms with Crippen LogP contribution in [0.2, 0.25) is 0 Å². The molecule has 5 heteroatoms. The molecule has 3 rings (SSSR count). The predicted molar refractivity (Wildman–Crippen MR) is 122 cm³/mol. The Bertz CT molecular complexity index is 964. The molecule has 0 unspecified atom stereocenters. The van der Waals surface area contributed by atoms with E-state index in [-0.39, 0.29) is 23.8 Å². The lowest BCUT2D eigenvalue weighted by molar-refractivity contribution is -0.124. The molecule has 5 nitrogen and oxygen atoms in total. The lowest BCUT2D eigenvalue weighted by atomic mass is 9.96. The van der Waals surface area contributed by atoms with E-state index in [4.69, 9.17) is 4.74 Å². The van der Waals surface area contributed by atoms with Gasteiger partial charge in [0, 0.05) is 0 Å². The highest BCUT2D eigenvalue weighted by molar-refractivity contribution is 5.99. The van der Waals surface area contributed by atoms with E-state index in [1.807, 2.05) is 74.5 Å². The van der Waals surface area contributed by atoms with Crippen molar-refractivity contribution in [3.63, 3.8) is 0 Å². The number of methoxy groups -OCH3 is 1. The van der Waals surface area contributed by atoms with Gasteiger partial charge in [-0.2, -0.15) is 0 Å². The van der Waals surface area contributed by atoms with Gasteiger partial charge in [-0.3, -0.25) is 9.59 Å². The second-order valence-corrected chi connectivity index (χ2v) is 7.66. The van der Waals surface area contributed by atoms with Crippen LogP contribution in [0.1, 0.15) is 41.4 Å². The zero-order chi connectivity index (χ0) is 22.2. The van der Waals surface area contributed by atoms with Gasteiger partial charge in [-0.05, 0) is 29.2 Å². The second kappa shape index (κ2) is 10.4. The Hall–Kier alpha value is -3.60. The number of nitrogens with one attached hydrogen (secondary N) is 2. The number of rotatable bonds is 8. The fourth-order valence-electron chi connectivity index (χ4n) is 3.47. The van der Waals surface area contributed by atoms with Crippen molar-refractivity contribution in [1.82, 2.24) is 10.6 Å². The summed E-state index contributed by atoms with van der Waals surface area (Å²) >= 11 is 0. The van der Waals surface area contributed by atoms with E-state index in [0.29, 0.717) is 11.3 Å². The summed E-state index contributed by atoms with van der Waals surface area (Å²) in [7, 11) is 1.52. The first kappa shape index (κ1) is 22.1. The lowest BCUT2D eigenvalue weighted by Gasteiger charge is -2.26. The van der Waals surface area contributed by atoms with Crippen molar-refractivity contribution in [1.29, 1.82) is 0 Å². The Balaban J connectivity index is 1.84. The first-order chi connectivity index (χ1) is 15.0. The quantitative estimate of drug-likeness (QED) is 0.574. The van der Waals surface area contributed by atoms with Gasteiger partial charge < -0.3 is 15.4 Å². The maximum atomic E-state index is 13.3. The number of hydrogen-bond donors (Lipinski definition) is 2. The zero-order valence-corrected chi connectivity index (χ0v) is 18.0. The number of amides is 2. The van der Waals surface area contributed by atoms with Crippen molar-refractivity contribution in [2.75, 3.05) is 7.11 Å². The average Bonchev–Trinajstić information content (AvgIpc) is 2.81. The van der Waals surface area contributed by atoms with Crippen LogP contribution in [-0.4, -0.2) is 25.0 Å². The Kier molecular flexibility index (Phi) is 7.44. The van der Waals surface area contributed by atoms with Crippen LogP contribution in [0.4, 0.5) is 0 Å². The van der Waals surface area contributed by atoms with Crippen molar-refractivity contribution in [3.05, 3.63) is 102 Å². The molecule has 3 aromatic rings. The van der Waals surface area contributed by atoms with Gasteiger partial charge in [0.15, 0.2) is 0 Å². The summed E-state index contributed by atoms with van der Waals surface area (Å²) in [6.45, 7) is 3.82. The molecule has 0 aliphatic carbocycles. The fourth-order valence-corrected chi connectivity index (χ4v) is 3.47.